The summed E-state index contributed by atoms with van der Waals surface area (Å²) in [5.41, 5.74) is 2.53. The van der Waals surface area contributed by atoms with Gasteiger partial charge in [-0.3, -0.25) is 0 Å². The van der Waals surface area contributed by atoms with Crippen molar-refractivity contribution in [1.29, 1.82) is 0 Å². The minimum Gasteiger partial charge on any atom is -0.103 e. The molecule has 72 valence electrons. The zero-order valence-electron chi connectivity index (χ0n) is 8.61. The molecule has 1 aromatic carbocycles. The molecule has 0 saturated carbocycles. The maximum atomic E-state index is 3.73. The molecule has 0 bridgehead atoms. The second-order valence-corrected chi connectivity index (χ2v) is 3.10. The molecular formula is C14H16. The van der Waals surface area contributed by atoms with Crippen LogP contribution in [0, 0.1) is 0 Å². The average molecular weight is 184 g/mol. The molecule has 0 amide bonds. The van der Waals surface area contributed by atoms with E-state index in [1.165, 1.54) is 11.1 Å². The van der Waals surface area contributed by atoms with Gasteiger partial charge in [0.05, 0.1) is 0 Å². The van der Waals surface area contributed by atoms with E-state index in [4.69, 9.17) is 0 Å². The molecule has 0 heteroatoms. The molecule has 0 unspecified atom stereocenters. The van der Waals surface area contributed by atoms with Crippen LogP contribution in [-0.2, 0) is 0 Å². The molecule has 0 aromatic heterocycles. The summed E-state index contributed by atoms with van der Waals surface area (Å²) < 4.78 is 0. The van der Waals surface area contributed by atoms with E-state index in [0.717, 1.165) is 6.42 Å². The Labute approximate surface area is 86.3 Å². The van der Waals surface area contributed by atoms with Gasteiger partial charge in [0, 0.05) is 0 Å². The molecular weight excluding hydrogens is 168 g/mol. The van der Waals surface area contributed by atoms with Crippen LogP contribution in [0.1, 0.15) is 18.9 Å². The molecule has 0 aliphatic heterocycles. The lowest BCUT2D eigenvalue weighted by Gasteiger charge is -1.95. The summed E-state index contributed by atoms with van der Waals surface area (Å²) in [5, 5.41) is 0. The van der Waals surface area contributed by atoms with Gasteiger partial charge in [-0.25, -0.2) is 0 Å². The molecule has 0 N–H and O–H groups in total. The smallest absolute Gasteiger partial charge is 0.0103 e. The highest BCUT2D eigenvalue weighted by Gasteiger charge is 1.87. The van der Waals surface area contributed by atoms with Crippen molar-refractivity contribution in [3.8, 4) is 0 Å². The highest BCUT2D eigenvalue weighted by atomic mass is 13.9. The number of rotatable bonds is 4. The van der Waals surface area contributed by atoms with E-state index in [2.05, 4.69) is 36.9 Å². The van der Waals surface area contributed by atoms with Crippen LogP contribution in [0.3, 0.4) is 0 Å². The Kier molecular flexibility index (Phi) is 4.49. The first-order valence-corrected chi connectivity index (χ1v) is 4.86. The van der Waals surface area contributed by atoms with Crippen molar-refractivity contribution in [3.05, 3.63) is 66.3 Å². The van der Waals surface area contributed by atoms with Gasteiger partial charge in [-0.05, 0) is 24.5 Å². The molecule has 0 aliphatic carbocycles. The van der Waals surface area contributed by atoms with Gasteiger partial charge in [-0.15, -0.1) is 6.58 Å². The maximum absolute atomic E-state index is 3.73. The van der Waals surface area contributed by atoms with Crippen LogP contribution in [0.4, 0.5) is 0 Å². The van der Waals surface area contributed by atoms with Gasteiger partial charge >= 0.3 is 0 Å². The Morgan fingerprint density at radius 1 is 1.29 bits per heavy atom. The van der Waals surface area contributed by atoms with E-state index in [1.54, 1.807) is 0 Å². The highest BCUT2D eigenvalue weighted by molar-refractivity contribution is 5.52. The van der Waals surface area contributed by atoms with Crippen LogP contribution in [0.2, 0.25) is 0 Å². The number of allylic oxidation sites excluding steroid dienone is 4. The average Bonchev–Trinajstić information content (AvgIpc) is 2.25. The summed E-state index contributed by atoms with van der Waals surface area (Å²) >= 11 is 0. The standard InChI is InChI=1S/C14H16/c1-3-8-13(4-2)11-12-14-9-6-5-7-10-14/h3-7,9-12H,1,8H2,2H3. The zero-order valence-corrected chi connectivity index (χ0v) is 8.61. The van der Waals surface area contributed by atoms with Gasteiger partial charge in [0.25, 0.3) is 0 Å². The Morgan fingerprint density at radius 3 is 2.57 bits per heavy atom. The molecule has 0 spiro atoms. The van der Waals surface area contributed by atoms with Gasteiger partial charge < -0.3 is 0 Å². The summed E-state index contributed by atoms with van der Waals surface area (Å²) in [7, 11) is 0. The van der Waals surface area contributed by atoms with Crippen molar-refractivity contribution in [3.63, 3.8) is 0 Å². The van der Waals surface area contributed by atoms with Crippen LogP contribution in [0.5, 0.6) is 0 Å². The topological polar surface area (TPSA) is 0 Å². The molecule has 1 aromatic rings. The quantitative estimate of drug-likeness (QED) is 0.485. The predicted molar refractivity (Wildman–Crippen MR) is 64.0 cm³/mol. The molecule has 0 aliphatic rings. The maximum Gasteiger partial charge on any atom is -0.0103 e. The first-order chi connectivity index (χ1) is 6.86. The first-order valence-electron chi connectivity index (χ1n) is 4.86. The van der Waals surface area contributed by atoms with Crippen molar-refractivity contribution < 1.29 is 0 Å². The van der Waals surface area contributed by atoms with E-state index in [-0.39, 0.29) is 0 Å². The fourth-order valence-corrected chi connectivity index (χ4v) is 1.22. The normalized spacial score (nSPS) is 11.9. The van der Waals surface area contributed by atoms with Crippen LogP contribution in [0.15, 0.2) is 60.7 Å². The highest BCUT2D eigenvalue weighted by Crippen LogP contribution is 2.08. The predicted octanol–water partition coefficient (Wildman–Crippen LogP) is 4.22. The van der Waals surface area contributed by atoms with Crippen LogP contribution in [0.25, 0.3) is 6.08 Å². The van der Waals surface area contributed by atoms with Gasteiger partial charge in [0.1, 0.15) is 0 Å². The molecule has 0 fully saturated rings. The molecule has 0 atom stereocenters. The van der Waals surface area contributed by atoms with E-state index in [9.17, 15) is 0 Å². The van der Waals surface area contributed by atoms with Crippen molar-refractivity contribution in [2.24, 2.45) is 0 Å². The fourth-order valence-electron chi connectivity index (χ4n) is 1.22. The van der Waals surface area contributed by atoms with E-state index in [0.29, 0.717) is 0 Å². The molecule has 14 heavy (non-hydrogen) atoms. The Bertz CT molecular complexity index is 328. The van der Waals surface area contributed by atoms with Crippen molar-refractivity contribution in [1.82, 2.24) is 0 Å². The largest absolute Gasteiger partial charge is 0.103 e. The summed E-state index contributed by atoms with van der Waals surface area (Å²) in [6.07, 6.45) is 9.22. The molecule has 0 radical (unpaired) electrons. The Hall–Kier alpha value is -1.56. The third-order valence-electron chi connectivity index (χ3n) is 2.04. The lowest BCUT2D eigenvalue weighted by atomic mass is 10.1. The Balaban J connectivity index is 2.68. The lowest BCUT2D eigenvalue weighted by molar-refractivity contribution is 1.28. The van der Waals surface area contributed by atoms with Gasteiger partial charge in [-0.1, -0.05) is 54.6 Å². The lowest BCUT2D eigenvalue weighted by Crippen LogP contribution is -1.74. The number of hydrogen-bond acceptors (Lipinski definition) is 0. The molecule has 0 nitrogen and oxygen atoms in total. The third-order valence-corrected chi connectivity index (χ3v) is 2.04. The van der Waals surface area contributed by atoms with Crippen molar-refractivity contribution in [2.45, 2.75) is 13.3 Å². The van der Waals surface area contributed by atoms with E-state index < -0.39 is 0 Å². The second kappa shape index (κ2) is 5.98. The van der Waals surface area contributed by atoms with E-state index in [1.807, 2.05) is 31.2 Å². The molecule has 0 saturated heterocycles. The fraction of sp³-hybridized carbons (Fsp3) is 0.143. The number of hydrogen-bond donors (Lipinski definition) is 0. The summed E-state index contributed by atoms with van der Waals surface area (Å²) in [6, 6.07) is 10.3. The zero-order chi connectivity index (χ0) is 10.2. The van der Waals surface area contributed by atoms with Crippen LogP contribution in [-0.4, -0.2) is 0 Å². The summed E-state index contributed by atoms with van der Waals surface area (Å²) in [4.78, 5) is 0. The molecule has 1 rings (SSSR count). The van der Waals surface area contributed by atoms with E-state index >= 15 is 0 Å². The van der Waals surface area contributed by atoms with Crippen LogP contribution < -0.4 is 0 Å². The minimum atomic E-state index is 0.930. The van der Waals surface area contributed by atoms with Crippen molar-refractivity contribution >= 4 is 6.08 Å². The summed E-state index contributed by atoms with van der Waals surface area (Å²) in [6.45, 7) is 5.78. The Morgan fingerprint density at radius 2 is 2.00 bits per heavy atom. The van der Waals surface area contributed by atoms with Crippen molar-refractivity contribution in [2.75, 3.05) is 0 Å². The number of benzene rings is 1. The third kappa shape index (κ3) is 3.44. The second-order valence-electron chi connectivity index (χ2n) is 3.10. The summed E-state index contributed by atoms with van der Waals surface area (Å²) in [5.74, 6) is 0. The SMILES string of the molecule is C=CCC(C=Cc1ccccc1)=CC. The first kappa shape index (κ1) is 10.5. The van der Waals surface area contributed by atoms with Crippen LogP contribution >= 0.6 is 0 Å². The van der Waals surface area contributed by atoms with Gasteiger partial charge in [0.2, 0.25) is 0 Å². The minimum absolute atomic E-state index is 0.930. The van der Waals surface area contributed by atoms with Gasteiger partial charge in [-0.2, -0.15) is 0 Å². The monoisotopic (exact) mass is 184 g/mol. The molecule has 0 heterocycles. The van der Waals surface area contributed by atoms with Gasteiger partial charge in [0.15, 0.2) is 0 Å².